The first-order chi connectivity index (χ1) is 9.66. The van der Waals surface area contributed by atoms with Crippen molar-refractivity contribution in [3.05, 3.63) is 35.0 Å². The quantitative estimate of drug-likeness (QED) is 0.719. The molecule has 0 saturated heterocycles. The average Bonchev–Trinajstić information content (AvgIpc) is 2.79. The van der Waals surface area contributed by atoms with Gasteiger partial charge in [-0.2, -0.15) is 0 Å². The maximum atomic E-state index is 5.98. The summed E-state index contributed by atoms with van der Waals surface area (Å²) in [6.07, 6.45) is 4.63. The zero-order valence-electron chi connectivity index (χ0n) is 12.2. The van der Waals surface area contributed by atoms with Crippen LogP contribution in [0.3, 0.4) is 0 Å². The number of aromatic nitrogens is 1. The Hall–Kier alpha value is -1.03. The summed E-state index contributed by atoms with van der Waals surface area (Å²) < 4.78 is 5.52. The largest absolute Gasteiger partial charge is 0.379 e. The van der Waals surface area contributed by atoms with Crippen LogP contribution in [-0.4, -0.2) is 24.2 Å². The van der Waals surface area contributed by atoms with Crippen LogP contribution in [0.25, 0.3) is 10.9 Å². The SMILES string of the molecule is CC(C)OCCCCNCc1c[nH]c2cc(Cl)ccc12. The van der Waals surface area contributed by atoms with Gasteiger partial charge in [0.1, 0.15) is 0 Å². The maximum absolute atomic E-state index is 5.98. The number of H-pyrrole nitrogens is 1. The molecule has 0 radical (unpaired) electrons. The first-order valence-corrected chi connectivity index (χ1v) is 7.62. The number of benzene rings is 1. The zero-order chi connectivity index (χ0) is 14.4. The molecule has 0 amide bonds. The molecule has 0 saturated carbocycles. The number of halogens is 1. The van der Waals surface area contributed by atoms with Gasteiger partial charge in [-0.05, 0) is 50.9 Å². The van der Waals surface area contributed by atoms with Gasteiger partial charge >= 0.3 is 0 Å². The number of aromatic amines is 1. The molecule has 1 aromatic carbocycles. The van der Waals surface area contributed by atoms with Crippen molar-refractivity contribution in [2.45, 2.75) is 39.3 Å². The molecule has 0 fully saturated rings. The number of nitrogens with one attached hydrogen (secondary N) is 2. The Morgan fingerprint density at radius 2 is 2.15 bits per heavy atom. The van der Waals surface area contributed by atoms with Crippen LogP contribution in [-0.2, 0) is 11.3 Å². The minimum absolute atomic E-state index is 0.334. The maximum Gasteiger partial charge on any atom is 0.0518 e. The van der Waals surface area contributed by atoms with E-state index in [1.807, 2.05) is 12.1 Å². The number of ether oxygens (including phenoxy) is 1. The normalized spacial score (nSPS) is 11.6. The van der Waals surface area contributed by atoms with Gasteiger partial charge in [0, 0.05) is 35.3 Å². The van der Waals surface area contributed by atoms with Gasteiger partial charge in [-0.1, -0.05) is 17.7 Å². The van der Waals surface area contributed by atoms with Crippen LogP contribution in [0, 0.1) is 0 Å². The lowest BCUT2D eigenvalue weighted by Crippen LogP contribution is -2.15. The van der Waals surface area contributed by atoms with Crippen molar-refractivity contribution in [3.63, 3.8) is 0 Å². The van der Waals surface area contributed by atoms with E-state index in [1.54, 1.807) is 0 Å². The summed E-state index contributed by atoms with van der Waals surface area (Å²) in [5, 5.41) is 5.48. The lowest BCUT2D eigenvalue weighted by molar-refractivity contribution is 0.0760. The molecular formula is C16H23ClN2O. The van der Waals surface area contributed by atoms with Crippen LogP contribution in [0.2, 0.25) is 5.02 Å². The third-order valence-electron chi connectivity index (χ3n) is 3.24. The molecule has 2 N–H and O–H groups in total. The molecule has 0 unspecified atom stereocenters. The fourth-order valence-electron chi connectivity index (χ4n) is 2.20. The van der Waals surface area contributed by atoms with Crippen molar-refractivity contribution in [3.8, 4) is 0 Å². The van der Waals surface area contributed by atoms with E-state index < -0.39 is 0 Å². The van der Waals surface area contributed by atoms with E-state index in [4.69, 9.17) is 16.3 Å². The first-order valence-electron chi connectivity index (χ1n) is 7.24. The van der Waals surface area contributed by atoms with E-state index in [-0.39, 0.29) is 0 Å². The number of hydrogen-bond donors (Lipinski definition) is 2. The van der Waals surface area contributed by atoms with Crippen molar-refractivity contribution in [2.75, 3.05) is 13.2 Å². The minimum atomic E-state index is 0.334. The highest BCUT2D eigenvalue weighted by Gasteiger charge is 2.03. The van der Waals surface area contributed by atoms with E-state index >= 15 is 0 Å². The van der Waals surface area contributed by atoms with Gasteiger partial charge in [-0.3, -0.25) is 0 Å². The molecule has 0 spiro atoms. The second kappa shape index (κ2) is 7.67. The molecule has 0 bridgehead atoms. The number of rotatable bonds is 8. The molecule has 4 heteroatoms. The summed E-state index contributed by atoms with van der Waals surface area (Å²) in [7, 11) is 0. The van der Waals surface area contributed by atoms with Crippen LogP contribution in [0.5, 0.6) is 0 Å². The number of unbranched alkanes of at least 4 members (excludes halogenated alkanes) is 1. The van der Waals surface area contributed by atoms with Gasteiger partial charge in [0.25, 0.3) is 0 Å². The van der Waals surface area contributed by atoms with Gasteiger partial charge in [-0.15, -0.1) is 0 Å². The standard InChI is InChI=1S/C16H23ClN2O/c1-12(2)20-8-4-3-7-18-10-13-11-19-16-9-14(17)5-6-15(13)16/h5-6,9,11-12,18-19H,3-4,7-8,10H2,1-2H3. The Morgan fingerprint density at radius 3 is 2.95 bits per heavy atom. The van der Waals surface area contributed by atoms with Crippen molar-refractivity contribution in [1.82, 2.24) is 10.3 Å². The Labute approximate surface area is 125 Å². The topological polar surface area (TPSA) is 37.0 Å². The molecule has 0 aliphatic heterocycles. The third kappa shape index (κ3) is 4.51. The zero-order valence-corrected chi connectivity index (χ0v) is 13.0. The van der Waals surface area contributed by atoms with E-state index in [2.05, 4.69) is 36.4 Å². The molecule has 0 aliphatic carbocycles. The van der Waals surface area contributed by atoms with Crippen LogP contribution in [0.4, 0.5) is 0 Å². The van der Waals surface area contributed by atoms with E-state index in [9.17, 15) is 0 Å². The van der Waals surface area contributed by atoms with Crippen molar-refractivity contribution < 1.29 is 4.74 Å². The predicted molar refractivity (Wildman–Crippen MR) is 85.3 cm³/mol. The lowest BCUT2D eigenvalue weighted by atomic mass is 10.2. The fraction of sp³-hybridized carbons (Fsp3) is 0.500. The number of hydrogen-bond acceptors (Lipinski definition) is 2. The molecule has 0 atom stereocenters. The molecule has 1 aromatic heterocycles. The fourth-order valence-corrected chi connectivity index (χ4v) is 2.37. The molecule has 0 aliphatic rings. The molecular weight excluding hydrogens is 272 g/mol. The minimum Gasteiger partial charge on any atom is -0.379 e. The van der Waals surface area contributed by atoms with Crippen LogP contribution in [0.15, 0.2) is 24.4 Å². The third-order valence-corrected chi connectivity index (χ3v) is 3.48. The molecule has 110 valence electrons. The van der Waals surface area contributed by atoms with Gasteiger partial charge in [-0.25, -0.2) is 0 Å². The Morgan fingerprint density at radius 1 is 1.30 bits per heavy atom. The molecule has 2 aromatic rings. The molecule has 3 nitrogen and oxygen atoms in total. The second-order valence-electron chi connectivity index (χ2n) is 5.31. The monoisotopic (exact) mass is 294 g/mol. The summed E-state index contributed by atoms with van der Waals surface area (Å²) in [5.74, 6) is 0. The predicted octanol–water partition coefficient (Wildman–Crippen LogP) is 4.12. The van der Waals surface area contributed by atoms with E-state index in [0.717, 1.165) is 43.1 Å². The Bertz CT molecular complexity index is 536. The van der Waals surface area contributed by atoms with Crippen molar-refractivity contribution in [1.29, 1.82) is 0 Å². The van der Waals surface area contributed by atoms with Crippen molar-refractivity contribution >= 4 is 22.5 Å². The molecule has 1 heterocycles. The molecule has 20 heavy (non-hydrogen) atoms. The smallest absolute Gasteiger partial charge is 0.0518 e. The highest BCUT2D eigenvalue weighted by molar-refractivity contribution is 6.31. The highest BCUT2D eigenvalue weighted by atomic mass is 35.5. The van der Waals surface area contributed by atoms with Gasteiger partial charge in [0.05, 0.1) is 6.10 Å². The molecule has 2 rings (SSSR count). The summed E-state index contributed by atoms with van der Waals surface area (Å²) >= 11 is 5.98. The summed E-state index contributed by atoms with van der Waals surface area (Å²) in [6.45, 7) is 6.89. The average molecular weight is 295 g/mol. The Balaban J connectivity index is 1.71. The van der Waals surface area contributed by atoms with Gasteiger partial charge < -0.3 is 15.0 Å². The summed E-state index contributed by atoms with van der Waals surface area (Å²) in [4.78, 5) is 3.26. The first kappa shape index (κ1) is 15.4. The second-order valence-corrected chi connectivity index (χ2v) is 5.74. The van der Waals surface area contributed by atoms with E-state index in [1.165, 1.54) is 10.9 Å². The lowest BCUT2D eigenvalue weighted by Gasteiger charge is -2.07. The van der Waals surface area contributed by atoms with Crippen LogP contribution < -0.4 is 5.32 Å². The van der Waals surface area contributed by atoms with Crippen LogP contribution in [0.1, 0.15) is 32.3 Å². The van der Waals surface area contributed by atoms with Crippen LogP contribution >= 0.6 is 11.6 Å². The van der Waals surface area contributed by atoms with Gasteiger partial charge in [0.15, 0.2) is 0 Å². The van der Waals surface area contributed by atoms with Crippen molar-refractivity contribution in [2.24, 2.45) is 0 Å². The van der Waals surface area contributed by atoms with Gasteiger partial charge in [0.2, 0.25) is 0 Å². The van der Waals surface area contributed by atoms with E-state index in [0.29, 0.717) is 6.10 Å². The summed E-state index contributed by atoms with van der Waals surface area (Å²) in [5.41, 5.74) is 2.38. The Kier molecular flexibility index (Phi) is 5.89. The number of fused-ring (bicyclic) bond motifs is 1. The summed E-state index contributed by atoms with van der Waals surface area (Å²) in [6, 6.07) is 5.97. The highest BCUT2D eigenvalue weighted by Crippen LogP contribution is 2.21.